The van der Waals surface area contributed by atoms with Crippen molar-refractivity contribution in [2.24, 2.45) is 0 Å². The maximum Gasteiger partial charge on any atom is 0.266 e. The number of halogens is 1. The van der Waals surface area contributed by atoms with Gasteiger partial charge in [-0.2, -0.15) is 0 Å². The average Bonchev–Trinajstić information content (AvgIpc) is 2.96. The number of amides is 2. The maximum atomic E-state index is 12.4. The van der Waals surface area contributed by atoms with Gasteiger partial charge in [-0.15, -0.1) is 6.58 Å². The number of thiocarbonyl (C=S) groups is 1. The van der Waals surface area contributed by atoms with Crippen LogP contribution in [0.4, 0.5) is 5.69 Å². The lowest BCUT2D eigenvalue weighted by Crippen LogP contribution is -2.27. The van der Waals surface area contributed by atoms with Crippen LogP contribution in [0.5, 0.6) is 5.75 Å². The Morgan fingerprint density at radius 2 is 2.03 bits per heavy atom. The van der Waals surface area contributed by atoms with E-state index in [0.29, 0.717) is 32.2 Å². The van der Waals surface area contributed by atoms with Gasteiger partial charge < -0.3 is 10.1 Å². The van der Waals surface area contributed by atoms with Crippen molar-refractivity contribution in [2.75, 3.05) is 18.5 Å². The fourth-order valence-electron chi connectivity index (χ4n) is 2.52. The average molecular weight is 445 g/mol. The highest BCUT2D eigenvalue weighted by atomic mass is 35.5. The largest absolute Gasteiger partial charge is 0.482 e. The second-order valence-electron chi connectivity index (χ2n) is 5.97. The summed E-state index contributed by atoms with van der Waals surface area (Å²) in [6.07, 6.45) is 3.35. The minimum absolute atomic E-state index is 0.158. The molecule has 0 atom stereocenters. The molecule has 0 radical (unpaired) electrons. The van der Waals surface area contributed by atoms with Crippen molar-refractivity contribution < 1.29 is 14.3 Å². The molecule has 1 aliphatic rings. The molecule has 1 aliphatic heterocycles. The smallest absolute Gasteiger partial charge is 0.266 e. The number of rotatable bonds is 7. The van der Waals surface area contributed by atoms with E-state index in [0.717, 1.165) is 5.56 Å². The Hall–Kier alpha value is -2.61. The van der Waals surface area contributed by atoms with Crippen molar-refractivity contribution in [1.29, 1.82) is 0 Å². The second-order valence-corrected chi connectivity index (χ2v) is 8.06. The summed E-state index contributed by atoms with van der Waals surface area (Å²) < 4.78 is 6.00. The molecule has 0 bridgehead atoms. The van der Waals surface area contributed by atoms with Crippen molar-refractivity contribution in [3.63, 3.8) is 0 Å². The fourth-order valence-corrected chi connectivity index (χ4v) is 4.04. The molecule has 2 amide bonds. The normalized spacial score (nSPS) is 14.9. The molecule has 1 fully saturated rings. The number of nitrogens with one attached hydrogen (secondary N) is 1. The molecular weight excluding hydrogens is 428 g/mol. The van der Waals surface area contributed by atoms with Crippen LogP contribution in [0, 0.1) is 0 Å². The van der Waals surface area contributed by atoms with Crippen LogP contribution < -0.4 is 10.1 Å². The van der Waals surface area contributed by atoms with E-state index in [9.17, 15) is 9.59 Å². The molecule has 8 heteroatoms. The third-order valence-electron chi connectivity index (χ3n) is 3.86. The monoisotopic (exact) mass is 444 g/mol. The summed E-state index contributed by atoms with van der Waals surface area (Å²) >= 11 is 12.7. The van der Waals surface area contributed by atoms with Crippen molar-refractivity contribution in [1.82, 2.24) is 4.90 Å². The van der Waals surface area contributed by atoms with Gasteiger partial charge in [0, 0.05) is 12.2 Å². The van der Waals surface area contributed by atoms with E-state index < -0.39 is 0 Å². The zero-order chi connectivity index (χ0) is 20.8. The summed E-state index contributed by atoms with van der Waals surface area (Å²) in [6, 6.07) is 14.2. The number of carbonyl (C=O) groups is 2. The predicted octanol–water partition coefficient (Wildman–Crippen LogP) is 4.74. The standard InChI is InChI=1S/C21H17ClN2O3S2/c1-2-10-24-20(26)18(29-21(24)28)12-14-8-9-17(16(22)11-14)27-13-19(25)23-15-6-4-3-5-7-15/h2-9,11-12H,1,10,13H2,(H,23,25)/b18-12-. The SMILES string of the molecule is C=CCN1C(=O)/C(=C/c2ccc(OCC(=O)Nc3ccccc3)c(Cl)c2)SC1=S. The highest BCUT2D eigenvalue weighted by Gasteiger charge is 2.30. The number of carbonyl (C=O) groups excluding carboxylic acids is 2. The van der Waals surface area contributed by atoms with Gasteiger partial charge in [0.05, 0.1) is 9.93 Å². The molecule has 29 heavy (non-hydrogen) atoms. The first-order valence-electron chi connectivity index (χ1n) is 8.61. The number of ether oxygens (including phenoxy) is 1. The first kappa shape index (κ1) is 21.1. The predicted molar refractivity (Wildman–Crippen MR) is 122 cm³/mol. The van der Waals surface area contributed by atoms with Crippen LogP contribution in [0.3, 0.4) is 0 Å². The van der Waals surface area contributed by atoms with Crippen LogP contribution in [0.2, 0.25) is 5.02 Å². The summed E-state index contributed by atoms with van der Waals surface area (Å²) in [5.74, 6) is -0.0672. The van der Waals surface area contributed by atoms with Gasteiger partial charge in [-0.3, -0.25) is 14.5 Å². The van der Waals surface area contributed by atoms with E-state index in [2.05, 4.69) is 11.9 Å². The van der Waals surface area contributed by atoms with Crippen molar-refractivity contribution in [3.8, 4) is 5.75 Å². The Morgan fingerprint density at radius 3 is 2.72 bits per heavy atom. The first-order chi connectivity index (χ1) is 14.0. The zero-order valence-electron chi connectivity index (χ0n) is 15.3. The summed E-state index contributed by atoms with van der Waals surface area (Å²) in [6.45, 7) is 3.84. The molecule has 0 aromatic heterocycles. The van der Waals surface area contributed by atoms with Crippen LogP contribution >= 0.6 is 35.6 Å². The zero-order valence-corrected chi connectivity index (χ0v) is 17.7. The van der Waals surface area contributed by atoms with Gasteiger partial charge in [-0.25, -0.2) is 0 Å². The molecule has 1 N–H and O–H groups in total. The number of hydrogen-bond acceptors (Lipinski definition) is 5. The third-order valence-corrected chi connectivity index (χ3v) is 5.53. The van der Waals surface area contributed by atoms with Gasteiger partial charge in [0.25, 0.3) is 11.8 Å². The molecule has 5 nitrogen and oxygen atoms in total. The minimum Gasteiger partial charge on any atom is -0.482 e. The Morgan fingerprint density at radius 1 is 1.28 bits per heavy atom. The van der Waals surface area contributed by atoms with Crippen molar-refractivity contribution in [3.05, 3.63) is 76.7 Å². The van der Waals surface area contributed by atoms with E-state index in [1.165, 1.54) is 16.7 Å². The number of benzene rings is 2. The molecule has 0 unspecified atom stereocenters. The quantitative estimate of drug-likeness (QED) is 0.379. The number of anilines is 1. The molecule has 0 spiro atoms. The summed E-state index contributed by atoms with van der Waals surface area (Å²) in [5.41, 5.74) is 1.42. The molecule has 0 aliphatic carbocycles. The summed E-state index contributed by atoms with van der Waals surface area (Å²) in [4.78, 5) is 26.4. The van der Waals surface area contributed by atoms with Crippen molar-refractivity contribution >= 4 is 63.5 Å². The second kappa shape index (κ2) is 9.73. The topological polar surface area (TPSA) is 58.6 Å². The van der Waals surface area contributed by atoms with E-state index >= 15 is 0 Å². The minimum atomic E-state index is -0.290. The molecule has 1 heterocycles. The molecule has 2 aromatic carbocycles. The molecule has 3 rings (SSSR count). The van der Waals surface area contributed by atoms with Crippen LogP contribution in [-0.2, 0) is 9.59 Å². The Balaban J connectivity index is 1.63. The van der Waals surface area contributed by atoms with Crippen molar-refractivity contribution in [2.45, 2.75) is 0 Å². The molecule has 148 valence electrons. The van der Waals surface area contributed by atoms with E-state index in [1.54, 1.807) is 42.5 Å². The first-order valence-corrected chi connectivity index (χ1v) is 10.2. The lowest BCUT2D eigenvalue weighted by Gasteiger charge is -2.10. The summed E-state index contributed by atoms with van der Waals surface area (Å²) in [5, 5.41) is 3.07. The number of hydrogen-bond donors (Lipinski definition) is 1. The van der Waals surface area contributed by atoms with Crippen LogP contribution in [-0.4, -0.2) is 34.2 Å². The van der Waals surface area contributed by atoms with Crippen LogP contribution in [0.1, 0.15) is 5.56 Å². The van der Waals surface area contributed by atoms with Gasteiger partial charge >= 0.3 is 0 Å². The lowest BCUT2D eigenvalue weighted by atomic mass is 10.2. The van der Waals surface area contributed by atoms with E-state index in [-0.39, 0.29) is 18.4 Å². The fraction of sp³-hybridized carbons (Fsp3) is 0.0952. The number of para-hydroxylation sites is 1. The Kier molecular flexibility index (Phi) is 7.09. The Labute approximate surface area is 183 Å². The summed E-state index contributed by atoms with van der Waals surface area (Å²) in [7, 11) is 0. The van der Waals surface area contributed by atoms with E-state index in [4.69, 9.17) is 28.6 Å². The van der Waals surface area contributed by atoms with Gasteiger partial charge in [0.15, 0.2) is 6.61 Å². The van der Waals surface area contributed by atoms with Crippen LogP contribution in [0.15, 0.2) is 66.1 Å². The van der Waals surface area contributed by atoms with Gasteiger partial charge in [0.1, 0.15) is 10.1 Å². The van der Waals surface area contributed by atoms with Gasteiger partial charge in [-0.1, -0.05) is 65.9 Å². The van der Waals surface area contributed by atoms with E-state index in [1.807, 2.05) is 18.2 Å². The molecular formula is C21H17ClN2O3S2. The molecule has 1 saturated heterocycles. The molecule has 2 aromatic rings. The number of thioether (sulfide) groups is 1. The maximum absolute atomic E-state index is 12.4. The number of nitrogens with zero attached hydrogens (tertiary/aromatic N) is 1. The third kappa shape index (κ3) is 5.47. The highest BCUT2D eigenvalue weighted by Crippen LogP contribution is 2.34. The Bertz CT molecular complexity index is 993. The van der Waals surface area contributed by atoms with Gasteiger partial charge in [-0.05, 0) is 35.9 Å². The highest BCUT2D eigenvalue weighted by molar-refractivity contribution is 8.26. The lowest BCUT2D eigenvalue weighted by molar-refractivity contribution is -0.121. The molecule has 0 saturated carbocycles. The van der Waals surface area contributed by atoms with Crippen LogP contribution in [0.25, 0.3) is 6.08 Å². The van der Waals surface area contributed by atoms with Gasteiger partial charge in [0.2, 0.25) is 0 Å².